The summed E-state index contributed by atoms with van der Waals surface area (Å²) in [6.07, 6.45) is 3.52. The molecule has 0 bridgehead atoms. The second kappa shape index (κ2) is 6.38. The zero-order chi connectivity index (χ0) is 13.8. The fraction of sp³-hybridized carbons (Fsp3) is 0.625. The number of nitrogens with one attached hydrogen (secondary N) is 1. The molecule has 0 aliphatic carbocycles. The summed E-state index contributed by atoms with van der Waals surface area (Å²) in [4.78, 5) is 2.40. The molecule has 2 rings (SSSR count). The highest BCUT2D eigenvalue weighted by atomic mass is 19.1. The molecule has 2 unspecified atom stereocenters. The highest BCUT2D eigenvalue weighted by Gasteiger charge is 2.25. The number of piperidine rings is 1. The molecule has 0 radical (unpaired) electrons. The molecule has 1 saturated heterocycles. The van der Waals surface area contributed by atoms with E-state index in [1.165, 1.54) is 12.8 Å². The SMILES string of the molecule is CCCNC1CCN(c2ccc(F)c(C)c2)C(C)C1. The van der Waals surface area contributed by atoms with Gasteiger partial charge in [0.2, 0.25) is 0 Å². The van der Waals surface area contributed by atoms with Crippen LogP contribution in [0.5, 0.6) is 0 Å². The van der Waals surface area contributed by atoms with Gasteiger partial charge in [0.15, 0.2) is 0 Å². The van der Waals surface area contributed by atoms with Crippen molar-refractivity contribution < 1.29 is 4.39 Å². The monoisotopic (exact) mass is 264 g/mol. The van der Waals surface area contributed by atoms with Gasteiger partial charge < -0.3 is 10.2 Å². The largest absolute Gasteiger partial charge is 0.369 e. The van der Waals surface area contributed by atoms with Gasteiger partial charge in [-0.1, -0.05) is 6.92 Å². The lowest BCUT2D eigenvalue weighted by molar-refractivity contribution is 0.368. The minimum atomic E-state index is -0.115. The number of rotatable bonds is 4. The van der Waals surface area contributed by atoms with Gasteiger partial charge in [-0.05, 0) is 63.4 Å². The third-order valence-electron chi connectivity index (χ3n) is 4.03. The Bertz CT molecular complexity index is 419. The molecule has 1 aliphatic rings. The summed E-state index contributed by atoms with van der Waals surface area (Å²) < 4.78 is 13.3. The number of benzene rings is 1. The maximum absolute atomic E-state index is 13.3. The molecule has 19 heavy (non-hydrogen) atoms. The number of nitrogens with zero attached hydrogens (tertiary/aromatic N) is 1. The molecule has 1 fully saturated rings. The van der Waals surface area contributed by atoms with Crippen molar-refractivity contribution in [2.24, 2.45) is 0 Å². The van der Waals surface area contributed by atoms with Crippen LogP contribution in [0.25, 0.3) is 0 Å². The van der Waals surface area contributed by atoms with Gasteiger partial charge in [-0.2, -0.15) is 0 Å². The molecule has 1 aromatic carbocycles. The van der Waals surface area contributed by atoms with E-state index in [-0.39, 0.29) is 5.82 Å². The Morgan fingerprint density at radius 3 is 2.84 bits per heavy atom. The van der Waals surface area contributed by atoms with Crippen molar-refractivity contribution in [3.63, 3.8) is 0 Å². The van der Waals surface area contributed by atoms with Crippen LogP contribution in [-0.2, 0) is 0 Å². The van der Waals surface area contributed by atoms with Crippen LogP contribution >= 0.6 is 0 Å². The Balaban J connectivity index is 2.01. The minimum absolute atomic E-state index is 0.115. The molecule has 3 heteroatoms. The number of halogens is 1. The summed E-state index contributed by atoms with van der Waals surface area (Å²) in [6.45, 7) is 8.45. The average Bonchev–Trinajstić information content (AvgIpc) is 2.40. The third kappa shape index (κ3) is 3.47. The molecular formula is C16H25FN2. The molecule has 0 amide bonds. The van der Waals surface area contributed by atoms with Gasteiger partial charge in [-0.25, -0.2) is 4.39 Å². The van der Waals surface area contributed by atoms with E-state index >= 15 is 0 Å². The average molecular weight is 264 g/mol. The quantitative estimate of drug-likeness (QED) is 0.895. The summed E-state index contributed by atoms with van der Waals surface area (Å²) in [5.74, 6) is -0.115. The first-order chi connectivity index (χ1) is 9.11. The molecule has 2 atom stereocenters. The van der Waals surface area contributed by atoms with E-state index in [4.69, 9.17) is 0 Å². The third-order valence-corrected chi connectivity index (χ3v) is 4.03. The molecular weight excluding hydrogens is 239 g/mol. The number of aryl methyl sites for hydroxylation is 1. The fourth-order valence-electron chi connectivity index (χ4n) is 2.90. The van der Waals surface area contributed by atoms with Crippen LogP contribution in [0.4, 0.5) is 10.1 Å². The summed E-state index contributed by atoms with van der Waals surface area (Å²) in [6, 6.07) is 6.59. The van der Waals surface area contributed by atoms with Crippen LogP contribution in [-0.4, -0.2) is 25.2 Å². The van der Waals surface area contributed by atoms with Crippen LogP contribution in [0.15, 0.2) is 18.2 Å². The first-order valence-corrected chi connectivity index (χ1v) is 7.38. The number of hydrogen-bond acceptors (Lipinski definition) is 2. The van der Waals surface area contributed by atoms with Gasteiger partial charge in [0, 0.05) is 24.3 Å². The summed E-state index contributed by atoms with van der Waals surface area (Å²) in [5.41, 5.74) is 1.89. The van der Waals surface area contributed by atoms with E-state index in [0.717, 1.165) is 30.8 Å². The highest BCUT2D eigenvalue weighted by Crippen LogP contribution is 2.26. The molecule has 0 aromatic heterocycles. The molecule has 1 N–H and O–H groups in total. The Morgan fingerprint density at radius 1 is 1.42 bits per heavy atom. The Hall–Kier alpha value is -1.09. The smallest absolute Gasteiger partial charge is 0.126 e. The summed E-state index contributed by atoms with van der Waals surface area (Å²) >= 11 is 0. The van der Waals surface area contributed by atoms with E-state index in [2.05, 4.69) is 24.1 Å². The molecule has 106 valence electrons. The molecule has 2 nitrogen and oxygen atoms in total. The van der Waals surface area contributed by atoms with Crippen molar-refractivity contribution in [1.29, 1.82) is 0 Å². The lowest BCUT2D eigenvalue weighted by atomic mass is 9.97. The van der Waals surface area contributed by atoms with Crippen LogP contribution in [0.1, 0.15) is 38.7 Å². The van der Waals surface area contributed by atoms with E-state index < -0.39 is 0 Å². The second-order valence-electron chi connectivity index (χ2n) is 5.65. The standard InChI is InChI=1S/C16H25FN2/c1-4-8-18-14-7-9-19(13(3)11-14)15-5-6-16(17)12(2)10-15/h5-6,10,13-14,18H,4,7-9,11H2,1-3H3. The first kappa shape index (κ1) is 14.3. The van der Waals surface area contributed by atoms with Gasteiger partial charge in [0.25, 0.3) is 0 Å². The van der Waals surface area contributed by atoms with Gasteiger partial charge in [0.05, 0.1) is 0 Å². The van der Waals surface area contributed by atoms with E-state index in [9.17, 15) is 4.39 Å². The second-order valence-corrected chi connectivity index (χ2v) is 5.65. The maximum Gasteiger partial charge on any atom is 0.126 e. The highest BCUT2D eigenvalue weighted by molar-refractivity contribution is 5.50. The van der Waals surface area contributed by atoms with Crippen LogP contribution < -0.4 is 10.2 Å². The summed E-state index contributed by atoms with van der Waals surface area (Å²) in [5, 5.41) is 3.61. The Kier molecular flexibility index (Phi) is 4.81. The number of anilines is 1. The van der Waals surface area contributed by atoms with E-state index in [0.29, 0.717) is 12.1 Å². The van der Waals surface area contributed by atoms with Crippen molar-refractivity contribution >= 4 is 5.69 Å². The molecule has 0 spiro atoms. The Labute approximate surface area is 116 Å². The first-order valence-electron chi connectivity index (χ1n) is 7.38. The van der Waals surface area contributed by atoms with E-state index in [1.54, 1.807) is 6.07 Å². The van der Waals surface area contributed by atoms with Crippen LogP contribution in [0.3, 0.4) is 0 Å². The van der Waals surface area contributed by atoms with Crippen molar-refractivity contribution in [2.45, 2.75) is 52.1 Å². The van der Waals surface area contributed by atoms with Gasteiger partial charge >= 0.3 is 0 Å². The molecule has 0 saturated carbocycles. The Morgan fingerprint density at radius 2 is 2.21 bits per heavy atom. The topological polar surface area (TPSA) is 15.3 Å². The maximum atomic E-state index is 13.3. The van der Waals surface area contributed by atoms with Gasteiger partial charge in [0.1, 0.15) is 5.82 Å². The zero-order valence-electron chi connectivity index (χ0n) is 12.2. The van der Waals surface area contributed by atoms with Gasteiger partial charge in [-0.15, -0.1) is 0 Å². The van der Waals surface area contributed by atoms with Crippen molar-refractivity contribution in [2.75, 3.05) is 18.0 Å². The molecule has 1 aliphatic heterocycles. The fourth-order valence-corrected chi connectivity index (χ4v) is 2.90. The van der Waals surface area contributed by atoms with Crippen LogP contribution in [0.2, 0.25) is 0 Å². The predicted octanol–water partition coefficient (Wildman–Crippen LogP) is 3.49. The van der Waals surface area contributed by atoms with Crippen molar-refractivity contribution in [3.05, 3.63) is 29.6 Å². The van der Waals surface area contributed by atoms with Gasteiger partial charge in [-0.3, -0.25) is 0 Å². The van der Waals surface area contributed by atoms with Crippen LogP contribution in [0, 0.1) is 12.7 Å². The van der Waals surface area contributed by atoms with E-state index in [1.807, 2.05) is 19.1 Å². The van der Waals surface area contributed by atoms with Crippen molar-refractivity contribution in [3.8, 4) is 0 Å². The minimum Gasteiger partial charge on any atom is -0.369 e. The normalized spacial score (nSPS) is 23.7. The zero-order valence-corrected chi connectivity index (χ0v) is 12.2. The molecule has 1 heterocycles. The summed E-state index contributed by atoms with van der Waals surface area (Å²) in [7, 11) is 0. The number of hydrogen-bond donors (Lipinski definition) is 1. The lowest BCUT2D eigenvalue weighted by Crippen LogP contribution is -2.47. The predicted molar refractivity (Wildman–Crippen MR) is 79.3 cm³/mol. The molecule has 1 aromatic rings. The van der Waals surface area contributed by atoms with Crippen molar-refractivity contribution in [1.82, 2.24) is 5.32 Å². The lowest BCUT2D eigenvalue weighted by Gasteiger charge is -2.39.